The van der Waals surface area contributed by atoms with Gasteiger partial charge >= 0.3 is 5.97 Å². The Bertz CT molecular complexity index is 983. The number of hydrogen-bond acceptors (Lipinski definition) is 7. The maximum Gasteiger partial charge on any atom is 0.331 e. The third-order valence-electron chi connectivity index (χ3n) is 3.74. The second kappa shape index (κ2) is 8.81. The molecular formula is C20H17FN2O5. The van der Waals surface area contributed by atoms with Crippen LogP contribution in [0.3, 0.4) is 0 Å². The molecule has 0 aliphatic rings. The van der Waals surface area contributed by atoms with Gasteiger partial charge in [-0.15, -0.1) is 0 Å². The van der Waals surface area contributed by atoms with Crippen molar-refractivity contribution in [2.24, 2.45) is 0 Å². The van der Waals surface area contributed by atoms with Gasteiger partial charge in [0.2, 0.25) is 5.82 Å². The molecule has 0 amide bonds. The molecule has 144 valence electrons. The molecule has 8 heteroatoms. The molecule has 1 heterocycles. The van der Waals surface area contributed by atoms with Crippen molar-refractivity contribution >= 4 is 12.0 Å². The zero-order valence-corrected chi connectivity index (χ0v) is 15.2. The number of halogens is 1. The average Bonchev–Trinajstić information content (AvgIpc) is 3.20. The van der Waals surface area contributed by atoms with Crippen molar-refractivity contribution in [3.05, 3.63) is 65.8 Å². The number of benzene rings is 2. The Kier molecular flexibility index (Phi) is 6.01. The Hall–Kier alpha value is -3.68. The van der Waals surface area contributed by atoms with Crippen LogP contribution in [0.5, 0.6) is 11.5 Å². The highest BCUT2D eigenvalue weighted by Gasteiger charge is 2.10. The normalized spacial score (nSPS) is 10.8. The summed E-state index contributed by atoms with van der Waals surface area (Å²) < 4.78 is 33.5. The quantitative estimate of drug-likeness (QED) is 0.454. The number of nitrogens with zero attached hydrogens (tertiary/aromatic N) is 2. The van der Waals surface area contributed by atoms with Crippen molar-refractivity contribution in [1.29, 1.82) is 0 Å². The monoisotopic (exact) mass is 384 g/mol. The van der Waals surface area contributed by atoms with E-state index in [0.29, 0.717) is 22.6 Å². The summed E-state index contributed by atoms with van der Waals surface area (Å²) in [6.07, 6.45) is 2.82. The van der Waals surface area contributed by atoms with Crippen LogP contribution in [0.15, 0.2) is 53.1 Å². The molecule has 3 rings (SSSR count). The molecule has 0 saturated heterocycles. The maximum atomic E-state index is 13.0. The van der Waals surface area contributed by atoms with Gasteiger partial charge in [-0.25, -0.2) is 9.18 Å². The van der Waals surface area contributed by atoms with Crippen molar-refractivity contribution < 1.29 is 27.9 Å². The summed E-state index contributed by atoms with van der Waals surface area (Å²) in [7, 11) is 3.08. The number of esters is 1. The zero-order chi connectivity index (χ0) is 19.9. The van der Waals surface area contributed by atoms with E-state index in [2.05, 4.69) is 10.1 Å². The molecule has 0 atom stereocenters. The molecule has 0 unspecified atom stereocenters. The van der Waals surface area contributed by atoms with E-state index in [1.165, 1.54) is 37.5 Å². The van der Waals surface area contributed by atoms with Gasteiger partial charge in [-0.1, -0.05) is 5.16 Å². The first kappa shape index (κ1) is 19.1. The van der Waals surface area contributed by atoms with Crippen LogP contribution in [0.25, 0.3) is 17.5 Å². The third kappa shape index (κ3) is 4.73. The second-order valence-electron chi connectivity index (χ2n) is 5.57. The summed E-state index contributed by atoms with van der Waals surface area (Å²) in [4.78, 5) is 16.1. The molecule has 7 nitrogen and oxygen atoms in total. The van der Waals surface area contributed by atoms with Gasteiger partial charge in [0, 0.05) is 17.2 Å². The smallest absolute Gasteiger partial charge is 0.331 e. The first-order chi connectivity index (χ1) is 13.6. The number of methoxy groups -OCH3 is 2. The Balaban J connectivity index is 1.60. The predicted molar refractivity (Wildman–Crippen MR) is 98.1 cm³/mol. The lowest BCUT2D eigenvalue weighted by molar-refractivity contribution is -0.139. The molecule has 0 saturated carbocycles. The zero-order valence-electron chi connectivity index (χ0n) is 15.2. The highest BCUT2D eigenvalue weighted by atomic mass is 19.1. The lowest BCUT2D eigenvalue weighted by Gasteiger charge is -2.07. The summed E-state index contributed by atoms with van der Waals surface area (Å²) in [5.41, 5.74) is 1.25. The van der Waals surface area contributed by atoms with E-state index in [0.717, 1.165) is 0 Å². The van der Waals surface area contributed by atoms with Crippen molar-refractivity contribution in [2.45, 2.75) is 6.61 Å². The van der Waals surface area contributed by atoms with Gasteiger partial charge in [0.1, 0.15) is 17.3 Å². The topological polar surface area (TPSA) is 83.7 Å². The van der Waals surface area contributed by atoms with Gasteiger partial charge in [0.25, 0.3) is 5.89 Å². The van der Waals surface area contributed by atoms with Crippen LogP contribution in [-0.4, -0.2) is 30.3 Å². The number of hydrogen-bond donors (Lipinski definition) is 0. The molecule has 0 bridgehead atoms. The Labute approximate surface area is 160 Å². The van der Waals surface area contributed by atoms with E-state index < -0.39 is 5.97 Å². The fourth-order valence-electron chi connectivity index (χ4n) is 2.34. The van der Waals surface area contributed by atoms with Crippen molar-refractivity contribution in [3.8, 4) is 22.9 Å². The van der Waals surface area contributed by atoms with E-state index in [1.54, 1.807) is 31.4 Å². The van der Waals surface area contributed by atoms with E-state index >= 15 is 0 Å². The number of carbonyl (C=O) groups is 1. The minimum atomic E-state index is -0.591. The van der Waals surface area contributed by atoms with Crippen molar-refractivity contribution in [3.63, 3.8) is 0 Å². The highest BCUT2D eigenvalue weighted by Crippen LogP contribution is 2.25. The molecule has 3 aromatic rings. The van der Waals surface area contributed by atoms with Crippen LogP contribution in [0.1, 0.15) is 11.5 Å². The lowest BCUT2D eigenvalue weighted by atomic mass is 10.1. The van der Waals surface area contributed by atoms with Gasteiger partial charge < -0.3 is 18.7 Å². The minimum Gasteiger partial charge on any atom is -0.497 e. The molecule has 0 aliphatic heterocycles. The Morgan fingerprint density at radius 3 is 2.64 bits per heavy atom. The molecule has 0 aliphatic carbocycles. The van der Waals surface area contributed by atoms with Gasteiger partial charge in [0.15, 0.2) is 6.61 Å². The van der Waals surface area contributed by atoms with Gasteiger partial charge in [-0.2, -0.15) is 4.98 Å². The third-order valence-corrected chi connectivity index (χ3v) is 3.74. The molecule has 2 aromatic carbocycles. The van der Waals surface area contributed by atoms with Crippen LogP contribution in [0.2, 0.25) is 0 Å². The second-order valence-corrected chi connectivity index (χ2v) is 5.57. The fraction of sp³-hybridized carbons (Fsp3) is 0.150. The minimum absolute atomic E-state index is 0.125. The van der Waals surface area contributed by atoms with Crippen LogP contribution in [-0.2, 0) is 16.1 Å². The van der Waals surface area contributed by atoms with Crippen LogP contribution >= 0.6 is 0 Å². The van der Waals surface area contributed by atoms with Gasteiger partial charge in [0.05, 0.1) is 14.2 Å². The van der Waals surface area contributed by atoms with Crippen LogP contribution in [0, 0.1) is 5.82 Å². The SMILES string of the molecule is COc1ccc(OC)c(/C=C/C(=O)OCc2nc(-c3ccc(F)cc3)no2)c1. The van der Waals surface area contributed by atoms with Crippen LogP contribution in [0.4, 0.5) is 4.39 Å². The molecule has 0 spiro atoms. The first-order valence-corrected chi connectivity index (χ1v) is 8.24. The summed E-state index contributed by atoms with van der Waals surface area (Å²) in [6.45, 7) is -0.188. The fourth-order valence-corrected chi connectivity index (χ4v) is 2.34. The number of carbonyl (C=O) groups excluding carboxylic acids is 1. The van der Waals surface area contributed by atoms with Gasteiger partial charge in [-0.05, 0) is 48.5 Å². The number of rotatable bonds is 7. The molecule has 28 heavy (non-hydrogen) atoms. The van der Waals surface area contributed by atoms with Gasteiger partial charge in [-0.3, -0.25) is 0 Å². The van der Waals surface area contributed by atoms with E-state index in [4.69, 9.17) is 18.7 Å². The maximum absolute atomic E-state index is 13.0. The number of ether oxygens (including phenoxy) is 3. The summed E-state index contributed by atoms with van der Waals surface area (Å²) >= 11 is 0. The van der Waals surface area contributed by atoms with Crippen LogP contribution < -0.4 is 9.47 Å². The number of aromatic nitrogens is 2. The molecular weight excluding hydrogens is 367 g/mol. The van der Waals surface area contributed by atoms with E-state index in [1.807, 2.05) is 0 Å². The Morgan fingerprint density at radius 2 is 1.93 bits per heavy atom. The first-order valence-electron chi connectivity index (χ1n) is 8.24. The summed E-state index contributed by atoms with van der Waals surface area (Å²) in [6, 6.07) is 10.9. The van der Waals surface area contributed by atoms with Crippen molar-refractivity contribution in [1.82, 2.24) is 10.1 Å². The lowest BCUT2D eigenvalue weighted by Crippen LogP contribution is -2.01. The molecule has 0 radical (unpaired) electrons. The molecule has 0 fully saturated rings. The summed E-state index contributed by atoms with van der Waals surface area (Å²) in [5.74, 6) is 0.675. The largest absolute Gasteiger partial charge is 0.497 e. The van der Waals surface area contributed by atoms with E-state index in [-0.39, 0.29) is 24.1 Å². The van der Waals surface area contributed by atoms with E-state index in [9.17, 15) is 9.18 Å². The predicted octanol–water partition coefficient (Wildman–Crippen LogP) is 3.65. The standard InChI is InChI=1S/C20H17FN2O5/c1-25-16-8-9-17(26-2)14(11-16)5-10-19(24)27-12-18-22-20(23-28-18)13-3-6-15(21)7-4-13/h3-11H,12H2,1-2H3/b10-5+. The summed E-state index contributed by atoms with van der Waals surface area (Å²) in [5, 5.41) is 3.78. The molecule has 1 aromatic heterocycles. The molecule has 0 N–H and O–H groups in total. The van der Waals surface area contributed by atoms with Crippen molar-refractivity contribution in [2.75, 3.05) is 14.2 Å². The highest BCUT2D eigenvalue weighted by molar-refractivity contribution is 5.87. The average molecular weight is 384 g/mol. The Morgan fingerprint density at radius 1 is 1.14 bits per heavy atom.